The molecule has 13 heteroatoms. The predicted octanol–water partition coefficient (Wildman–Crippen LogP) is 4.41. The molecule has 1 aliphatic carbocycles. The standard InChI is InChI=1S/C15H34NO9P3/c1-20-26(17,21-2)13-12-15(27(18,22-3)23-4,28(19,24-5)25-6)16-14-10-8-7-9-11-14/h14,16H,7-13H2,1-6H3. The van der Waals surface area contributed by atoms with E-state index >= 15 is 0 Å². The second-order valence-corrected chi connectivity index (χ2v) is 14.2. The summed E-state index contributed by atoms with van der Waals surface area (Å²) in [5.41, 5.74) is 0. The molecule has 0 spiro atoms. The highest BCUT2D eigenvalue weighted by Crippen LogP contribution is 2.77. The van der Waals surface area contributed by atoms with Crippen molar-refractivity contribution >= 4 is 22.8 Å². The molecule has 0 atom stereocenters. The van der Waals surface area contributed by atoms with Crippen LogP contribution in [-0.4, -0.2) is 59.9 Å². The van der Waals surface area contributed by atoms with E-state index < -0.39 is 27.8 Å². The number of rotatable bonds is 13. The zero-order valence-electron chi connectivity index (χ0n) is 17.5. The largest absolute Gasteiger partial charge is 0.362 e. The maximum atomic E-state index is 13.7. The average molecular weight is 465 g/mol. The van der Waals surface area contributed by atoms with Gasteiger partial charge in [0.25, 0.3) is 0 Å². The second-order valence-electron chi connectivity index (χ2n) is 6.47. The van der Waals surface area contributed by atoms with Crippen LogP contribution in [0.25, 0.3) is 0 Å². The zero-order valence-corrected chi connectivity index (χ0v) is 20.2. The van der Waals surface area contributed by atoms with Crippen molar-refractivity contribution in [3.05, 3.63) is 0 Å². The molecule has 0 heterocycles. The van der Waals surface area contributed by atoms with Gasteiger partial charge in [-0.25, -0.2) is 0 Å². The van der Waals surface area contributed by atoms with Crippen LogP contribution in [0.15, 0.2) is 0 Å². The summed E-state index contributed by atoms with van der Waals surface area (Å²) in [6.45, 7) is 0. The smallest absolute Gasteiger partial charge is 0.312 e. The van der Waals surface area contributed by atoms with Crippen molar-refractivity contribution in [3.8, 4) is 0 Å². The van der Waals surface area contributed by atoms with Crippen LogP contribution < -0.4 is 5.32 Å². The molecule has 28 heavy (non-hydrogen) atoms. The van der Waals surface area contributed by atoms with Crippen molar-refractivity contribution in [3.63, 3.8) is 0 Å². The van der Waals surface area contributed by atoms with Gasteiger partial charge in [0.2, 0.25) is 5.02 Å². The molecule has 0 unspecified atom stereocenters. The molecule has 0 aromatic heterocycles. The quantitative estimate of drug-likeness (QED) is 0.392. The van der Waals surface area contributed by atoms with Gasteiger partial charge in [-0.1, -0.05) is 19.3 Å². The molecule has 1 fully saturated rings. The van der Waals surface area contributed by atoms with E-state index in [1.807, 2.05) is 0 Å². The molecule has 0 aliphatic heterocycles. The third kappa shape index (κ3) is 5.36. The van der Waals surface area contributed by atoms with Crippen molar-refractivity contribution in [1.29, 1.82) is 0 Å². The van der Waals surface area contributed by atoms with E-state index in [1.165, 1.54) is 42.7 Å². The first-order chi connectivity index (χ1) is 13.1. The van der Waals surface area contributed by atoms with Crippen molar-refractivity contribution in [1.82, 2.24) is 5.32 Å². The van der Waals surface area contributed by atoms with Crippen LogP contribution in [0.4, 0.5) is 0 Å². The maximum absolute atomic E-state index is 13.7. The van der Waals surface area contributed by atoms with Gasteiger partial charge in [0, 0.05) is 55.1 Å². The molecule has 0 aromatic rings. The SMILES string of the molecule is COP(=O)(CCC(NC1CCCCC1)(P(=O)(OC)OC)P(=O)(OC)OC)OC. The van der Waals surface area contributed by atoms with Gasteiger partial charge >= 0.3 is 22.8 Å². The Morgan fingerprint density at radius 2 is 1.18 bits per heavy atom. The Morgan fingerprint density at radius 3 is 1.54 bits per heavy atom. The minimum atomic E-state index is -4.11. The fourth-order valence-electron chi connectivity index (χ4n) is 3.53. The van der Waals surface area contributed by atoms with E-state index in [1.54, 1.807) is 0 Å². The second kappa shape index (κ2) is 11.1. The first kappa shape index (κ1) is 26.4. The summed E-state index contributed by atoms with van der Waals surface area (Å²) in [7, 11) is -4.44. The number of hydrogen-bond donors (Lipinski definition) is 1. The minimum absolute atomic E-state index is 0.115. The van der Waals surface area contributed by atoms with Crippen molar-refractivity contribution in [2.75, 3.05) is 48.8 Å². The molecule has 0 bridgehead atoms. The van der Waals surface area contributed by atoms with Crippen LogP contribution in [-0.2, 0) is 40.8 Å². The van der Waals surface area contributed by atoms with Gasteiger partial charge in [0.15, 0.2) is 0 Å². The Hall–Kier alpha value is 0.410. The summed E-state index contributed by atoms with van der Waals surface area (Å²) in [5, 5.41) is 1.33. The zero-order chi connectivity index (χ0) is 21.5. The third-order valence-corrected chi connectivity index (χ3v) is 13.0. The summed E-state index contributed by atoms with van der Waals surface area (Å²) in [4.78, 5) is 0. The summed E-state index contributed by atoms with van der Waals surface area (Å²) < 4.78 is 71.0. The van der Waals surface area contributed by atoms with Gasteiger partial charge in [-0.3, -0.25) is 19.0 Å². The number of nitrogens with one attached hydrogen (secondary N) is 1. The molecule has 1 N–H and O–H groups in total. The highest BCUT2D eigenvalue weighted by Gasteiger charge is 2.65. The topological polar surface area (TPSA) is 119 Å². The summed E-state index contributed by atoms with van der Waals surface area (Å²) in [6.07, 6.45) is 4.19. The van der Waals surface area contributed by atoms with Crippen molar-refractivity contribution in [2.24, 2.45) is 0 Å². The predicted molar refractivity (Wildman–Crippen MR) is 107 cm³/mol. The van der Waals surface area contributed by atoms with Crippen molar-refractivity contribution < 1.29 is 40.8 Å². The Balaban J connectivity index is 3.53. The normalized spacial score (nSPS) is 17.8. The summed E-state index contributed by atoms with van der Waals surface area (Å²) in [6, 6.07) is -0.115. The molecular weight excluding hydrogens is 431 g/mol. The summed E-state index contributed by atoms with van der Waals surface area (Å²) in [5.74, 6) is 0. The summed E-state index contributed by atoms with van der Waals surface area (Å²) >= 11 is 0. The van der Waals surface area contributed by atoms with Crippen LogP contribution in [0, 0.1) is 0 Å². The lowest BCUT2D eigenvalue weighted by Crippen LogP contribution is -2.52. The Morgan fingerprint density at radius 1 is 0.750 bits per heavy atom. The highest BCUT2D eigenvalue weighted by molar-refractivity contribution is 7.74. The van der Waals surface area contributed by atoms with Crippen LogP contribution in [0.3, 0.4) is 0 Å². The maximum Gasteiger partial charge on any atom is 0.362 e. The van der Waals surface area contributed by atoms with Crippen molar-refractivity contribution in [2.45, 2.75) is 49.6 Å². The lowest BCUT2D eigenvalue weighted by Gasteiger charge is -2.44. The van der Waals surface area contributed by atoms with Gasteiger partial charge < -0.3 is 27.1 Å². The van der Waals surface area contributed by atoms with Gasteiger partial charge in [-0.15, -0.1) is 0 Å². The van der Waals surface area contributed by atoms with Crippen LogP contribution in [0.5, 0.6) is 0 Å². The Bertz CT molecular complexity index is 574. The third-order valence-electron chi connectivity index (χ3n) is 5.20. The number of hydrogen-bond acceptors (Lipinski definition) is 10. The van der Waals surface area contributed by atoms with Gasteiger partial charge in [-0.05, 0) is 12.8 Å². The molecule has 0 aromatic carbocycles. The lowest BCUT2D eigenvalue weighted by atomic mass is 9.95. The lowest BCUT2D eigenvalue weighted by molar-refractivity contribution is 0.195. The van der Waals surface area contributed by atoms with Gasteiger partial charge in [-0.2, -0.15) is 0 Å². The van der Waals surface area contributed by atoms with Crippen LogP contribution in [0.2, 0.25) is 0 Å². The van der Waals surface area contributed by atoms with E-state index in [-0.39, 0.29) is 18.6 Å². The molecular formula is C15H34NO9P3. The average Bonchev–Trinajstić information content (AvgIpc) is 2.75. The first-order valence-electron chi connectivity index (χ1n) is 9.06. The Labute approximate surface area is 167 Å². The minimum Gasteiger partial charge on any atom is -0.312 e. The molecule has 0 saturated heterocycles. The Kier molecular flexibility index (Phi) is 10.5. The molecule has 10 nitrogen and oxygen atoms in total. The molecule has 1 aliphatic rings. The first-order valence-corrected chi connectivity index (χ1v) is 13.9. The molecule has 1 saturated carbocycles. The van der Waals surface area contributed by atoms with Crippen LogP contribution in [0.1, 0.15) is 38.5 Å². The van der Waals surface area contributed by atoms with E-state index in [4.69, 9.17) is 27.1 Å². The van der Waals surface area contributed by atoms with E-state index in [9.17, 15) is 13.7 Å². The fraction of sp³-hybridized carbons (Fsp3) is 1.00. The molecule has 1 rings (SSSR count). The molecule has 0 radical (unpaired) electrons. The van der Waals surface area contributed by atoms with Crippen LogP contribution >= 0.6 is 22.8 Å². The fourth-order valence-corrected chi connectivity index (χ4v) is 10.1. The van der Waals surface area contributed by atoms with E-state index in [2.05, 4.69) is 5.32 Å². The molecule has 168 valence electrons. The van der Waals surface area contributed by atoms with Gasteiger partial charge in [0.1, 0.15) is 0 Å². The molecule has 0 amide bonds. The van der Waals surface area contributed by atoms with E-state index in [0.717, 1.165) is 32.1 Å². The van der Waals surface area contributed by atoms with E-state index in [0.29, 0.717) is 0 Å². The monoisotopic (exact) mass is 465 g/mol. The van der Waals surface area contributed by atoms with Gasteiger partial charge in [0.05, 0.1) is 6.16 Å². The highest BCUT2D eigenvalue weighted by atomic mass is 31.2.